The number of aryl methyl sites for hydroxylation is 5. The van der Waals surface area contributed by atoms with Crippen LogP contribution in [0.4, 0.5) is 0 Å². The van der Waals surface area contributed by atoms with Crippen molar-refractivity contribution in [3.8, 4) is 111 Å². The highest BCUT2D eigenvalue weighted by atomic mass is 14.5. The quantitative estimate of drug-likeness (QED) is 0.133. The lowest BCUT2D eigenvalue weighted by Crippen LogP contribution is -2.24. The van der Waals surface area contributed by atoms with E-state index in [1.165, 1.54) is 283 Å². The zero-order valence-corrected chi connectivity index (χ0v) is 83.8. The summed E-state index contributed by atoms with van der Waals surface area (Å²) in [6.45, 7) is 58.6. The molecule has 10 aliphatic rings. The van der Waals surface area contributed by atoms with E-state index >= 15 is 0 Å². The maximum Gasteiger partial charge on any atom is 0.0162 e. The predicted molar refractivity (Wildman–Crippen MR) is 575 cm³/mol. The van der Waals surface area contributed by atoms with Gasteiger partial charge in [-0.25, -0.2) is 0 Å². The van der Waals surface area contributed by atoms with Crippen LogP contribution in [0.25, 0.3) is 144 Å². The lowest BCUT2D eigenvalue weighted by atomic mass is 9.72. The molecule has 0 saturated carbocycles. The number of hydrogen-bond donors (Lipinski definition) is 0. The van der Waals surface area contributed by atoms with Gasteiger partial charge in [-0.3, -0.25) is 0 Å². The van der Waals surface area contributed by atoms with Crippen LogP contribution in [0.1, 0.15) is 278 Å². The van der Waals surface area contributed by atoms with Crippen molar-refractivity contribution in [3.63, 3.8) is 0 Å². The third-order valence-corrected chi connectivity index (χ3v) is 35.3. The van der Waals surface area contributed by atoms with Crippen LogP contribution in [0.5, 0.6) is 0 Å². The van der Waals surface area contributed by atoms with Crippen LogP contribution >= 0.6 is 0 Å². The van der Waals surface area contributed by atoms with E-state index < -0.39 is 0 Å². The first kappa shape index (κ1) is 85.0. The van der Waals surface area contributed by atoms with Crippen LogP contribution in [0.3, 0.4) is 0 Å². The third kappa shape index (κ3) is 11.6. The summed E-state index contributed by atoms with van der Waals surface area (Å²) in [7, 11) is 0. The average Bonchev–Trinajstić information content (AvgIpc) is 1.53. The average molecular weight is 1750 g/mol. The lowest BCUT2D eigenvalue weighted by Gasteiger charge is -2.30. The zero-order valence-electron chi connectivity index (χ0n) is 83.8. The van der Waals surface area contributed by atoms with Crippen molar-refractivity contribution >= 4 is 32.3 Å². The highest BCUT2D eigenvalue weighted by molar-refractivity contribution is 6.27. The van der Waals surface area contributed by atoms with Gasteiger partial charge in [-0.1, -0.05) is 415 Å². The molecule has 0 heteroatoms. The van der Waals surface area contributed by atoms with Crippen LogP contribution < -0.4 is 0 Å². The molecular formula is C135H124. The number of rotatable bonds is 0. The molecule has 0 aromatic heterocycles. The van der Waals surface area contributed by atoms with Gasteiger partial charge in [0.05, 0.1) is 0 Å². The summed E-state index contributed by atoms with van der Waals surface area (Å²) in [6, 6.07) is 114. The molecule has 0 fully saturated rings. The third-order valence-electron chi connectivity index (χ3n) is 35.3. The van der Waals surface area contributed by atoms with Gasteiger partial charge in [-0.05, 0) is 338 Å². The zero-order chi connectivity index (χ0) is 94.1. The highest BCUT2D eigenvalue weighted by Crippen LogP contribution is 2.65. The largest absolute Gasteiger partial charge is 0.0619 e. The van der Waals surface area contributed by atoms with E-state index in [0.717, 1.165) is 0 Å². The minimum atomic E-state index is -0.0399. The summed E-state index contributed by atoms with van der Waals surface area (Å²) in [6.07, 6.45) is 0. The van der Waals surface area contributed by atoms with E-state index in [1.807, 2.05) is 0 Å². The minimum Gasteiger partial charge on any atom is -0.0619 e. The van der Waals surface area contributed by atoms with Crippen LogP contribution in [-0.4, -0.2) is 0 Å². The Labute approximate surface area is 801 Å². The van der Waals surface area contributed by atoms with Gasteiger partial charge >= 0.3 is 0 Å². The molecule has 18 aromatic rings. The molecule has 0 atom stereocenters. The molecule has 0 N–H and O–H groups in total. The van der Waals surface area contributed by atoms with Crippen molar-refractivity contribution in [1.29, 1.82) is 0 Å². The van der Waals surface area contributed by atoms with E-state index in [0.29, 0.717) is 0 Å². The number of hydrogen-bond acceptors (Lipinski definition) is 0. The Morgan fingerprint density at radius 1 is 0.133 bits per heavy atom. The SMILES string of the molecule is Cc1ccc2c(c1)-c1cc3c(cc1C2(C)C)-c1ccccc1C3(C)C.Cc1ccc2c(c1)-c1ccc3c(c1C2(C)C)C(C)(C)c1ccccc1-3.Cc1ccc2c(c1)C(C)(C)c1cc3c(cc1-2)-c1ccccc1C3(C)C.Cc1ccc2c(c1)C(C)(C)c1cc3c(cc1-2)C(C)(C)c1cc2ccc4cccc5ccc(c1-3)c2c45.Cc1ccc2c(c1)C(C)(C)c1cc3c(cc1-2)C(C)(C)c1ccccc1-3. The molecule has 28 rings (SSSR count). The summed E-state index contributed by atoms with van der Waals surface area (Å²) in [5, 5.41) is 8.25. The molecule has 0 nitrogen and oxygen atoms in total. The van der Waals surface area contributed by atoms with Gasteiger partial charge in [0, 0.05) is 54.1 Å². The van der Waals surface area contributed by atoms with E-state index in [1.54, 1.807) is 0 Å². The minimum absolute atomic E-state index is 0.00238. The Hall–Kier alpha value is -13.0. The van der Waals surface area contributed by atoms with Gasteiger partial charge in [-0.15, -0.1) is 0 Å². The summed E-state index contributed by atoms with van der Waals surface area (Å²) < 4.78 is 0. The molecule has 664 valence electrons. The molecule has 135 heavy (non-hydrogen) atoms. The molecule has 0 spiro atoms. The standard InChI is InChI=1S/C35H28.4C25H24/c1-19-9-13-23-25-17-29-26(18-28(25)34(2,3)27(23)15-19)33-24-14-12-21-8-6-7-20-10-11-22(32(24)31(20)21)16-30(33)35(29,4)5;1-15-10-13-21-19(14-15)18-12-11-17-16-8-6-7-9-20(16)24(2,3)22(17)23(18)25(21,4)5;1-15-10-11-21-17(12-15)19-14-22-18(13-23(19)25(21,4)5)16-8-6-7-9-20(16)24(22,2)3;1-15-10-11-17-19-14-22-18(13-23(19)25(4,5)21(17)12-15)16-8-6-7-9-20(16)24(22,2)3;1-15-10-11-17-19-13-18-16-8-6-7-9-20(16)24(2,3)22(18)14-23(19)25(4,5)21(17)12-15/h6-18H,1-5H3;4*6-14H,1-5H3. The van der Waals surface area contributed by atoms with Gasteiger partial charge in [0.1, 0.15) is 0 Å². The molecule has 0 aliphatic heterocycles. The molecule has 0 unspecified atom stereocenters. The topological polar surface area (TPSA) is 0 Å². The Morgan fingerprint density at radius 3 is 0.785 bits per heavy atom. The Kier molecular flexibility index (Phi) is 17.7. The molecule has 0 saturated heterocycles. The highest BCUT2D eigenvalue weighted by Gasteiger charge is 2.50. The van der Waals surface area contributed by atoms with Gasteiger partial charge in [-0.2, -0.15) is 0 Å². The smallest absolute Gasteiger partial charge is 0.0162 e. The Bertz CT molecular complexity index is 8270. The van der Waals surface area contributed by atoms with Crippen LogP contribution in [-0.2, 0) is 54.1 Å². The fourth-order valence-corrected chi connectivity index (χ4v) is 27.8. The Morgan fingerprint density at radius 2 is 0.378 bits per heavy atom. The van der Waals surface area contributed by atoms with Gasteiger partial charge < -0.3 is 0 Å². The molecular weight excluding hydrogens is 1620 g/mol. The van der Waals surface area contributed by atoms with Crippen molar-refractivity contribution in [3.05, 3.63) is 436 Å². The van der Waals surface area contributed by atoms with Crippen molar-refractivity contribution in [1.82, 2.24) is 0 Å². The van der Waals surface area contributed by atoms with Crippen molar-refractivity contribution in [2.75, 3.05) is 0 Å². The molecule has 10 aliphatic carbocycles. The molecule has 0 heterocycles. The van der Waals surface area contributed by atoms with Gasteiger partial charge in [0.25, 0.3) is 0 Å². The van der Waals surface area contributed by atoms with Crippen molar-refractivity contribution in [2.45, 2.75) is 227 Å². The molecule has 18 aromatic carbocycles. The van der Waals surface area contributed by atoms with Crippen molar-refractivity contribution in [2.24, 2.45) is 0 Å². The first-order chi connectivity index (χ1) is 64.0. The first-order valence-corrected chi connectivity index (χ1v) is 49.7. The van der Waals surface area contributed by atoms with E-state index in [-0.39, 0.29) is 54.1 Å². The second-order valence-electron chi connectivity index (χ2n) is 47.0. The first-order valence-electron chi connectivity index (χ1n) is 49.7. The molecule has 0 amide bonds. The number of fused-ring (bicyclic) bond motifs is 32. The number of benzene rings is 18. The summed E-state index contributed by atoms with van der Waals surface area (Å²) in [5.41, 5.74) is 65.1. The van der Waals surface area contributed by atoms with E-state index in [9.17, 15) is 0 Å². The maximum absolute atomic E-state index is 2.55. The Balaban J connectivity index is 0.0000000932. The van der Waals surface area contributed by atoms with Gasteiger partial charge in [0.2, 0.25) is 0 Å². The fraction of sp³-hybridized carbons (Fsp3) is 0.259. The van der Waals surface area contributed by atoms with Crippen LogP contribution in [0, 0.1) is 34.6 Å². The van der Waals surface area contributed by atoms with Crippen molar-refractivity contribution < 1.29 is 0 Å². The second-order valence-corrected chi connectivity index (χ2v) is 47.0. The normalized spacial score (nSPS) is 17.4. The maximum atomic E-state index is 2.55. The van der Waals surface area contributed by atoms with Crippen LogP contribution in [0.2, 0.25) is 0 Å². The summed E-state index contributed by atoms with van der Waals surface area (Å²) in [4.78, 5) is 0. The summed E-state index contributed by atoms with van der Waals surface area (Å²) in [5.74, 6) is 0. The molecule has 0 bridgehead atoms. The van der Waals surface area contributed by atoms with E-state index in [4.69, 9.17) is 0 Å². The fourth-order valence-electron chi connectivity index (χ4n) is 27.8. The van der Waals surface area contributed by atoms with Gasteiger partial charge in [0.15, 0.2) is 0 Å². The predicted octanol–water partition coefficient (Wildman–Crippen LogP) is 35.9. The van der Waals surface area contributed by atoms with E-state index in [2.05, 4.69) is 470 Å². The molecule has 0 radical (unpaired) electrons. The monoisotopic (exact) mass is 1740 g/mol. The summed E-state index contributed by atoms with van der Waals surface area (Å²) >= 11 is 0. The lowest BCUT2D eigenvalue weighted by molar-refractivity contribution is 0.601. The second kappa shape index (κ2) is 28.1. The van der Waals surface area contributed by atoms with Crippen LogP contribution in [0.15, 0.2) is 297 Å².